The van der Waals surface area contributed by atoms with Gasteiger partial charge in [-0.25, -0.2) is 4.79 Å². The number of fused-ring (bicyclic) bond motifs is 1. The van der Waals surface area contributed by atoms with Gasteiger partial charge in [-0.15, -0.1) is 0 Å². The van der Waals surface area contributed by atoms with E-state index >= 15 is 0 Å². The van der Waals surface area contributed by atoms with Crippen LogP contribution in [0.5, 0.6) is 11.5 Å². The summed E-state index contributed by atoms with van der Waals surface area (Å²) in [7, 11) is 0. The molecule has 8 nitrogen and oxygen atoms in total. The Morgan fingerprint density at radius 1 is 1.23 bits per heavy atom. The van der Waals surface area contributed by atoms with Crippen LogP contribution in [-0.2, 0) is 9.59 Å². The van der Waals surface area contributed by atoms with Crippen molar-refractivity contribution in [3.63, 3.8) is 0 Å². The molecule has 0 unspecified atom stereocenters. The highest BCUT2D eigenvalue weighted by Gasteiger charge is 2.56. The number of nitrogens with zero attached hydrogens (tertiary/aromatic N) is 1. The van der Waals surface area contributed by atoms with Crippen LogP contribution in [0.15, 0.2) is 18.2 Å². The molecule has 3 aliphatic rings. The van der Waals surface area contributed by atoms with Crippen molar-refractivity contribution in [1.29, 1.82) is 0 Å². The van der Waals surface area contributed by atoms with E-state index in [1.54, 1.807) is 0 Å². The molecule has 0 aromatic heterocycles. The minimum absolute atomic E-state index is 0.0500. The predicted molar refractivity (Wildman–Crippen MR) is 114 cm³/mol. The molecular weight excluding hydrogens is 398 g/mol. The van der Waals surface area contributed by atoms with Gasteiger partial charge in [-0.2, -0.15) is 0 Å². The smallest absolute Gasteiger partial charge is 0.325 e. The van der Waals surface area contributed by atoms with E-state index in [1.165, 1.54) is 0 Å². The molecule has 4 rings (SSSR count). The molecule has 2 N–H and O–H groups in total. The van der Waals surface area contributed by atoms with Crippen LogP contribution < -0.4 is 20.1 Å². The van der Waals surface area contributed by atoms with Gasteiger partial charge in [-0.1, -0.05) is 26.8 Å². The van der Waals surface area contributed by atoms with Gasteiger partial charge in [0.2, 0.25) is 5.91 Å². The maximum atomic E-state index is 13.2. The van der Waals surface area contributed by atoms with Gasteiger partial charge >= 0.3 is 6.03 Å². The van der Waals surface area contributed by atoms with E-state index in [0.717, 1.165) is 16.9 Å². The summed E-state index contributed by atoms with van der Waals surface area (Å²) < 4.78 is 11.1. The average Bonchev–Trinajstić information content (AvgIpc) is 2.89. The summed E-state index contributed by atoms with van der Waals surface area (Å²) >= 11 is 0. The van der Waals surface area contributed by atoms with Crippen molar-refractivity contribution in [2.75, 3.05) is 19.8 Å². The third-order valence-corrected chi connectivity index (χ3v) is 6.37. The Morgan fingerprint density at radius 3 is 2.65 bits per heavy atom. The first-order chi connectivity index (χ1) is 14.6. The fourth-order valence-corrected chi connectivity index (χ4v) is 5.49. The highest BCUT2D eigenvalue weighted by atomic mass is 16.6. The largest absolute Gasteiger partial charge is 0.486 e. The zero-order valence-corrected chi connectivity index (χ0v) is 18.6. The summed E-state index contributed by atoms with van der Waals surface area (Å²) in [5, 5.41) is 5.78. The van der Waals surface area contributed by atoms with Gasteiger partial charge in [-0.05, 0) is 55.2 Å². The zero-order chi connectivity index (χ0) is 22.4. The van der Waals surface area contributed by atoms with Gasteiger partial charge < -0.3 is 20.1 Å². The Bertz CT molecular complexity index is 914. The molecule has 31 heavy (non-hydrogen) atoms. The quantitative estimate of drug-likeness (QED) is 0.718. The molecule has 2 heterocycles. The van der Waals surface area contributed by atoms with Crippen molar-refractivity contribution in [1.82, 2.24) is 15.5 Å². The molecule has 1 aromatic carbocycles. The summed E-state index contributed by atoms with van der Waals surface area (Å²) in [5.41, 5.74) is -0.0971. The van der Waals surface area contributed by atoms with Gasteiger partial charge in [0.25, 0.3) is 5.91 Å². The van der Waals surface area contributed by atoms with Gasteiger partial charge in [-0.3, -0.25) is 14.5 Å². The number of benzene rings is 1. The number of nitrogens with one attached hydrogen (secondary N) is 2. The number of hydrogen-bond donors (Lipinski definition) is 2. The molecule has 1 saturated carbocycles. The van der Waals surface area contributed by atoms with E-state index < -0.39 is 11.6 Å². The zero-order valence-electron chi connectivity index (χ0n) is 18.6. The summed E-state index contributed by atoms with van der Waals surface area (Å²) in [4.78, 5) is 39.6. The van der Waals surface area contributed by atoms with Crippen molar-refractivity contribution in [2.45, 2.75) is 58.5 Å². The van der Waals surface area contributed by atoms with Crippen LogP contribution in [0.1, 0.15) is 58.6 Å². The number of imide groups is 1. The van der Waals surface area contributed by atoms with E-state index in [2.05, 4.69) is 31.4 Å². The molecule has 1 aromatic rings. The van der Waals surface area contributed by atoms with Crippen LogP contribution in [-0.4, -0.2) is 48.0 Å². The highest BCUT2D eigenvalue weighted by molar-refractivity contribution is 6.09. The first-order valence-corrected chi connectivity index (χ1v) is 10.9. The van der Waals surface area contributed by atoms with Gasteiger partial charge in [0.1, 0.15) is 25.3 Å². The van der Waals surface area contributed by atoms with Gasteiger partial charge in [0.05, 0.1) is 6.04 Å². The van der Waals surface area contributed by atoms with Crippen LogP contribution in [0, 0.1) is 11.3 Å². The van der Waals surface area contributed by atoms with Crippen LogP contribution in [0.25, 0.3) is 0 Å². The molecule has 1 spiro atoms. The molecule has 1 saturated heterocycles. The lowest BCUT2D eigenvalue weighted by molar-refractivity contribution is -0.137. The molecule has 3 atom stereocenters. The van der Waals surface area contributed by atoms with Crippen molar-refractivity contribution in [3.05, 3.63) is 23.8 Å². The Morgan fingerprint density at radius 2 is 1.94 bits per heavy atom. The van der Waals surface area contributed by atoms with Crippen LogP contribution >= 0.6 is 0 Å². The molecule has 0 bridgehead atoms. The second kappa shape index (κ2) is 7.73. The lowest BCUT2D eigenvalue weighted by Crippen LogP contribution is -2.54. The fraction of sp³-hybridized carbons (Fsp3) is 0.609. The monoisotopic (exact) mass is 429 g/mol. The van der Waals surface area contributed by atoms with Gasteiger partial charge in [0.15, 0.2) is 11.5 Å². The normalized spacial score (nSPS) is 27.7. The predicted octanol–water partition coefficient (Wildman–Crippen LogP) is 2.77. The van der Waals surface area contributed by atoms with E-state index in [0.29, 0.717) is 43.5 Å². The summed E-state index contributed by atoms with van der Waals surface area (Å²) in [5.74, 6) is 0.972. The molecule has 2 aliphatic heterocycles. The first-order valence-electron chi connectivity index (χ1n) is 10.9. The Labute approximate surface area is 182 Å². The molecular formula is C23H31N3O5. The number of urea groups is 1. The third kappa shape index (κ3) is 4.20. The number of rotatable bonds is 4. The van der Waals surface area contributed by atoms with E-state index in [4.69, 9.17) is 9.47 Å². The Balaban J connectivity index is 1.41. The van der Waals surface area contributed by atoms with E-state index in [9.17, 15) is 14.4 Å². The number of amides is 4. The maximum Gasteiger partial charge on any atom is 0.325 e. The Hall–Kier alpha value is -2.77. The van der Waals surface area contributed by atoms with Crippen molar-refractivity contribution < 1.29 is 23.9 Å². The van der Waals surface area contributed by atoms with Crippen LogP contribution in [0.4, 0.5) is 4.79 Å². The van der Waals surface area contributed by atoms with E-state index in [-0.39, 0.29) is 29.8 Å². The molecule has 4 amide bonds. The summed E-state index contributed by atoms with van der Waals surface area (Å²) in [6.45, 7) is 8.90. The summed E-state index contributed by atoms with van der Waals surface area (Å²) in [6.07, 6.45) is 2.19. The molecule has 0 radical (unpaired) electrons. The van der Waals surface area contributed by atoms with Crippen molar-refractivity contribution in [2.24, 2.45) is 11.3 Å². The first kappa shape index (κ1) is 21.5. The topological polar surface area (TPSA) is 97.0 Å². The number of hydrogen-bond acceptors (Lipinski definition) is 5. The average molecular weight is 430 g/mol. The number of ether oxygens (including phenoxy) is 2. The molecule has 2 fully saturated rings. The van der Waals surface area contributed by atoms with Crippen molar-refractivity contribution >= 4 is 17.8 Å². The van der Waals surface area contributed by atoms with Gasteiger partial charge in [0, 0.05) is 0 Å². The molecule has 8 heteroatoms. The maximum absolute atomic E-state index is 13.2. The van der Waals surface area contributed by atoms with Crippen LogP contribution in [0.2, 0.25) is 0 Å². The molecule has 1 aliphatic carbocycles. The van der Waals surface area contributed by atoms with E-state index in [1.807, 2.05) is 25.1 Å². The number of carbonyl (C=O) groups is 3. The standard InChI is InChI=1S/C23H31N3O5/c1-14-10-22(3,4)13-23(11-14)20(28)26(21(29)25-23)12-19(27)24-15(2)16-5-6-17-18(9-16)31-8-7-30-17/h5-6,9,14-15H,7-8,10-13H2,1-4H3,(H,24,27)(H,25,29)/t14-,15-,23+/m1/s1. The van der Waals surface area contributed by atoms with Crippen LogP contribution in [0.3, 0.4) is 0 Å². The SMILES string of the molecule is C[C@@H]1CC(C)(C)C[C@]2(C1)NC(=O)N(CC(=O)N[C@H](C)c1ccc3c(c1)OCCO3)C2=O. The third-order valence-electron chi connectivity index (χ3n) is 6.37. The second-order valence-corrected chi connectivity index (χ2v) is 9.95. The minimum Gasteiger partial charge on any atom is -0.486 e. The lowest BCUT2D eigenvalue weighted by Gasteiger charge is -2.43. The lowest BCUT2D eigenvalue weighted by atomic mass is 9.64. The number of carbonyl (C=O) groups excluding carboxylic acids is 3. The second-order valence-electron chi connectivity index (χ2n) is 9.95. The molecule has 168 valence electrons. The van der Waals surface area contributed by atoms with Crippen molar-refractivity contribution in [3.8, 4) is 11.5 Å². The highest BCUT2D eigenvalue weighted by Crippen LogP contribution is 2.46. The minimum atomic E-state index is -0.903. The Kier molecular flexibility index (Phi) is 5.35. The fourth-order valence-electron chi connectivity index (χ4n) is 5.49. The summed E-state index contributed by atoms with van der Waals surface area (Å²) in [6, 6.07) is 4.73.